The summed E-state index contributed by atoms with van der Waals surface area (Å²) in [5.74, 6) is 0.943. The van der Waals surface area contributed by atoms with Gasteiger partial charge in [0, 0.05) is 25.7 Å². The first-order valence-electron chi connectivity index (χ1n) is 8.10. The number of carbonyl (C=O) groups is 1. The Balaban J connectivity index is 1.60. The zero-order chi connectivity index (χ0) is 15.2. The van der Waals surface area contributed by atoms with E-state index in [1.165, 1.54) is 24.8 Å². The van der Waals surface area contributed by atoms with E-state index in [-0.39, 0.29) is 5.91 Å². The van der Waals surface area contributed by atoms with Crippen molar-refractivity contribution in [1.82, 2.24) is 15.1 Å². The molecule has 4 heteroatoms. The lowest BCUT2D eigenvalue weighted by atomic mass is 9.85. The summed E-state index contributed by atoms with van der Waals surface area (Å²) in [4.78, 5) is 14.7. The van der Waals surface area contributed by atoms with Gasteiger partial charge in [0.25, 0.3) is 0 Å². The van der Waals surface area contributed by atoms with Crippen LogP contribution >= 0.6 is 0 Å². The molecule has 0 radical (unpaired) electrons. The van der Waals surface area contributed by atoms with E-state index in [0.29, 0.717) is 12.3 Å². The third kappa shape index (κ3) is 3.97. The standard InChI is InChI=1S/C18H23N3O/c22-18(10-9-17-11-19-20-12-17)21(14-16-7-4-8-16)13-15-5-2-1-3-6-15/h1-3,5-6,11-12,16H,4,7-10,13-14H2,(H,19,20). The van der Waals surface area contributed by atoms with E-state index in [2.05, 4.69) is 22.3 Å². The highest BCUT2D eigenvalue weighted by atomic mass is 16.2. The molecule has 2 aromatic rings. The SMILES string of the molecule is O=C(CCc1cn[nH]c1)N(Cc1ccccc1)CC1CCC1. The quantitative estimate of drug-likeness (QED) is 0.853. The summed E-state index contributed by atoms with van der Waals surface area (Å²) in [6.07, 6.45) is 8.81. The molecule has 1 aliphatic carbocycles. The van der Waals surface area contributed by atoms with Crippen molar-refractivity contribution in [3.63, 3.8) is 0 Å². The Hall–Kier alpha value is -2.10. The second-order valence-corrected chi connectivity index (χ2v) is 6.16. The molecule has 1 N–H and O–H groups in total. The minimum absolute atomic E-state index is 0.247. The number of nitrogens with zero attached hydrogens (tertiary/aromatic N) is 2. The molecule has 0 unspecified atom stereocenters. The van der Waals surface area contributed by atoms with E-state index in [1.54, 1.807) is 6.20 Å². The van der Waals surface area contributed by atoms with Crippen LogP contribution in [0.2, 0.25) is 0 Å². The van der Waals surface area contributed by atoms with Gasteiger partial charge in [-0.1, -0.05) is 36.8 Å². The zero-order valence-electron chi connectivity index (χ0n) is 12.9. The molecule has 22 heavy (non-hydrogen) atoms. The fourth-order valence-corrected chi connectivity index (χ4v) is 2.87. The fraction of sp³-hybridized carbons (Fsp3) is 0.444. The fourth-order valence-electron chi connectivity index (χ4n) is 2.87. The van der Waals surface area contributed by atoms with E-state index in [1.807, 2.05) is 29.3 Å². The molecule has 1 heterocycles. The van der Waals surface area contributed by atoms with Crippen LogP contribution in [0.3, 0.4) is 0 Å². The van der Waals surface area contributed by atoms with E-state index < -0.39 is 0 Å². The second kappa shape index (κ2) is 7.25. The number of aromatic amines is 1. The molecule has 0 spiro atoms. The predicted molar refractivity (Wildman–Crippen MR) is 86.1 cm³/mol. The Morgan fingerprint density at radius 2 is 2.05 bits per heavy atom. The van der Waals surface area contributed by atoms with Gasteiger partial charge < -0.3 is 4.90 Å². The summed E-state index contributed by atoms with van der Waals surface area (Å²) in [7, 11) is 0. The summed E-state index contributed by atoms with van der Waals surface area (Å²) in [5.41, 5.74) is 2.30. The maximum absolute atomic E-state index is 12.6. The van der Waals surface area contributed by atoms with Crippen molar-refractivity contribution in [3.8, 4) is 0 Å². The van der Waals surface area contributed by atoms with E-state index in [4.69, 9.17) is 0 Å². The molecule has 1 saturated carbocycles. The molecule has 1 aliphatic rings. The summed E-state index contributed by atoms with van der Waals surface area (Å²) in [6.45, 7) is 1.63. The summed E-state index contributed by atoms with van der Waals surface area (Å²) in [6, 6.07) is 10.3. The smallest absolute Gasteiger partial charge is 0.223 e. The van der Waals surface area contributed by atoms with E-state index >= 15 is 0 Å². The predicted octanol–water partition coefficient (Wildman–Crippen LogP) is 3.17. The van der Waals surface area contributed by atoms with Crippen molar-refractivity contribution >= 4 is 5.91 Å². The number of benzene rings is 1. The van der Waals surface area contributed by atoms with Crippen LogP contribution in [0.5, 0.6) is 0 Å². The maximum atomic E-state index is 12.6. The lowest BCUT2D eigenvalue weighted by molar-refractivity contribution is -0.132. The van der Waals surface area contributed by atoms with Crippen molar-refractivity contribution < 1.29 is 4.79 Å². The number of nitrogens with one attached hydrogen (secondary N) is 1. The average Bonchev–Trinajstić information content (AvgIpc) is 3.01. The molecule has 1 aromatic heterocycles. The third-order valence-electron chi connectivity index (χ3n) is 4.45. The van der Waals surface area contributed by atoms with Crippen molar-refractivity contribution in [2.45, 2.75) is 38.6 Å². The van der Waals surface area contributed by atoms with Crippen LogP contribution in [-0.4, -0.2) is 27.5 Å². The van der Waals surface area contributed by atoms with Crippen LogP contribution in [0.15, 0.2) is 42.7 Å². The first-order chi connectivity index (χ1) is 10.8. The van der Waals surface area contributed by atoms with Gasteiger partial charge in [-0.05, 0) is 36.3 Å². The normalized spacial score (nSPS) is 14.5. The first kappa shape index (κ1) is 14.8. The van der Waals surface area contributed by atoms with Crippen LogP contribution in [0.4, 0.5) is 0 Å². The van der Waals surface area contributed by atoms with Gasteiger partial charge in [0.05, 0.1) is 6.20 Å². The van der Waals surface area contributed by atoms with Gasteiger partial charge in [-0.2, -0.15) is 5.10 Å². The summed E-state index contributed by atoms with van der Waals surface area (Å²) >= 11 is 0. The molecular weight excluding hydrogens is 274 g/mol. The Labute approximate surface area is 131 Å². The topological polar surface area (TPSA) is 49.0 Å². The summed E-state index contributed by atoms with van der Waals surface area (Å²) in [5, 5.41) is 6.73. The number of aromatic nitrogens is 2. The zero-order valence-corrected chi connectivity index (χ0v) is 12.9. The molecule has 0 aliphatic heterocycles. The Morgan fingerprint density at radius 3 is 2.68 bits per heavy atom. The highest BCUT2D eigenvalue weighted by Gasteiger charge is 2.23. The molecule has 0 saturated heterocycles. The summed E-state index contributed by atoms with van der Waals surface area (Å²) < 4.78 is 0. The van der Waals surface area contributed by atoms with Crippen molar-refractivity contribution in [3.05, 3.63) is 53.9 Å². The lowest BCUT2D eigenvalue weighted by Crippen LogP contribution is -2.37. The molecule has 4 nitrogen and oxygen atoms in total. The van der Waals surface area contributed by atoms with Gasteiger partial charge in [0.2, 0.25) is 5.91 Å². The van der Waals surface area contributed by atoms with E-state index in [9.17, 15) is 4.79 Å². The molecule has 1 amide bonds. The minimum Gasteiger partial charge on any atom is -0.338 e. The van der Waals surface area contributed by atoms with Crippen molar-refractivity contribution in [2.24, 2.45) is 5.92 Å². The van der Waals surface area contributed by atoms with Gasteiger partial charge >= 0.3 is 0 Å². The molecule has 1 aromatic carbocycles. The number of rotatable bonds is 7. The number of aryl methyl sites for hydroxylation is 1. The molecule has 116 valence electrons. The maximum Gasteiger partial charge on any atom is 0.223 e. The van der Waals surface area contributed by atoms with Gasteiger partial charge in [0.1, 0.15) is 0 Å². The first-order valence-corrected chi connectivity index (χ1v) is 8.10. The molecule has 1 fully saturated rings. The Bertz CT molecular complexity index is 576. The second-order valence-electron chi connectivity index (χ2n) is 6.16. The number of carbonyl (C=O) groups excluding carboxylic acids is 1. The number of amides is 1. The molecule has 0 atom stereocenters. The van der Waals surface area contributed by atoms with Crippen LogP contribution < -0.4 is 0 Å². The molecule has 0 bridgehead atoms. The van der Waals surface area contributed by atoms with Crippen molar-refractivity contribution in [1.29, 1.82) is 0 Å². The molecular formula is C18H23N3O. The van der Waals surface area contributed by atoms with Crippen LogP contribution in [0, 0.1) is 5.92 Å². The number of H-pyrrole nitrogens is 1. The van der Waals surface area contributed by atoms with Crippen molar-refractivity contribution in [2.75, 3.05) is 6.54 Å². The Kier molecular flexibility index (Phi) is 4.88. The lowest BCUT2D eigenvalue weighted by Gasteiger charge is -2.32. The largest absolute Gasteiger partial charge is 0.338 e. The van der Waals surface area contributed by atoms with Gasteiger partial charge in [-0.15, -0.1) is 0 Å². The number of hydrogen-bond acceptors (Lipinski definition) is 2. The van der Waals surface area contributed by atoms with Gasteiger partial charge in [-0.3, -0.25) is 9.89 Å². The minimum atomic E-state index is 0.247. The van der Waals surface area contributed by atoms with Gasteiger partial charge in [-0.25, -0.2) is 0 Å². The van der Waals surface area contributed by atoms with E-state index in [0.717, 1.165) is 25.1 Å². The Morgan fingerprint density at radius 1 is 1.23 bits per heavy atom. The monoisotopic (exact) mass is 297 g/mol. The third-order valence-corrected chi connectivity index (χ3v) is 4.45. The number of hydrogen-bond donors (Lipinski definition) is 1. The van der Waals surface area contributed by atoms with Crippen LogP contribution in [-0.2, 0) is 17.8 Å². The highest BCUT2D eigenvalue weighted by Crippen LogP contribution is 2.28. The average molecular weight is 297 g/mol. The van der Waals surface area contributed by atoms with Crippen LogP contribution in [0.25, 0.3) is 0 Å². The van der Waals surface area contributed by atoms with Crippen LogP contribution in [0.1, 0.15) is 36.8 Å². The molecule has 3 rings (SSSR count). The van der Waals surface area contributed by atoms with Gasteiger partial charge in [0.15, 0.2) is 0 Å². The highest BCUT2D eigenvalue weighted by molar-refractivity contribution is 5.76.